The van der Waals surface area contributed by atoms with Crippen LogP contribution in [0.15, 0.2) is 36.8 Å². The number of likely N-dealkylation sites (tertiary alicyclic amines) is 1. The van der Waals surface area contributed by atoms with E-state index in [0.29, 0.717) is 49.6 Å². The van der Waals surface area contributed by atoms with Gasteiger partial charge in [-0.15, -0.1) is 0 Å². The minimum absolute atomic E-state index is 0.0411. The molecule has 200 valence electrons. The number of hydrogen-bond donors (Lipinski definition) is 1. The average Bonchev–Trinajstić information content (AvgIpc) is 3.14. The number of ketones is 1. The summed E-state index contributed by atoms with van der Waals surface area (Å²) in [4.78, 5) is 23.8. The number of benzene rings is 1. The van der Waals surface area contributed by atoms with Crippen LogP contribution in [0.25, 0.3) is 11.0 Å². The lowest BCUT2D eigenvalue weighted by Crippen LogP contribution is -2.46. The average molecular weight is 522 g/mol. The van der Waals surface area contributed by atoms with Gasteiger partial charge in [-0.1, -0.05) is 12.1 Å². The molecule has 0 amide bonds. The van der Waals surface area contributed by atoms with Crippen LogP contribution >= 0.6 is 0 Å². The molecule has 1 fully saturated rings. The Morgan fingerprint density at radius 3 is 2.51 bits per heavy atom. The quantitative estimate of drug-likeness (QED) is 0.446. The first kappa shape index (κ1) is 27.0. The van der Waals surface area contributed by atoms with Gasteiger partial charge in [-0.05, 0) is 51.4 Å². The first-order valence-electron chi connectivity index (χ1n) is 12.3. The van der Waals surface area contributed by atoms with E-state index in [1.807, 2.05) is 23.6 Å². The minimum atomic E-state index is -4.42. The van der Waals surface area contributed by atoms with Gasteiger partial charge in [0.15, 0.2) is 5.82 Å². The van der Waals surface area contributed by atoms with E-state index in [9.17, 15) is 23.1 Å². The fraction of sp³-hybridized carbons (Fsp3) is 0.500. The Labute approximate surface area is 212 Å². The number of anilines is 1. The summed E-state index contributed by atoms with van der Waals surface area (Å²) in [5, 5.41) is 10.9. The number of fused-ring (bicyclic) bond motifs is 1. The number of β-amino-alcohol motifs (C(OH)–C–C–N with tert-alkyl or cyclic N) is 1. The van der Waals surface area contributed by atoms with Gasteiger partial charge < -0.3 is 14.6 Å². The smallest absolute Gasteiger partial charge is 0.391 e. The molecule has 1 aliphatic heterocycles. The Bertz CT molecular complexity index is 1240. The SMILES string of the molecule is CC(=O)CN1CCC(Cn2cc(F)c3c(N(Cc4ccc(C(F)(F)F)cc4)C(C)C)ncnc32)[C@@H](O)C1. The third-order valence-electron chi connectivity index (χ3n) is 6.80. The van der Waals surface area contributed by atoms with E-state index in [2.05, 4.69) is 9.97 Å². The highest BCUT2D eigenvalue weighted by atomic mass is 19.4. The highest BCUT2D eigenvalue weighted by Gasteiger charge is 2.31. The topological polar surface area (TPSA) is 74.5 Å². The van der Waals surface area contributed by atoms with E-state index >= 15 is 4.39 Å². The van der Waals surface area contributed by atoms with Crippen molar-refractivity contribution in [3.63, 3.8) is 0 Å². The van der Waals surface area contributed by atoms with Crippen LogP contribution in [-0.2, 0) is 24.1 Å². The number of alkyl halides is 3. The van der Waals surface area contributed by atoms with Crippen molar-refractivity contribution in [2.45, 2.75) is 58.6 Å². The van der Waals surface area contributed by atoms with Gasteiger partial charge >= 0.3 is 6.18 Å². The molecule has 0 bridgehead atoms. The van der Waals surface area contributed by atoms with E-state index in [1.54, 1.807) is 4.57 Å². The van der Waals surface area contributed by atoms with E-state index in [-0.39, 0.29) is 29.7 Å². The molecule has 1 N–H and O–H groups in total. The van der Waals surface area contributed by atoms with E-state index in [4.69, 9.17) is 0 Å². The molecule has 1 aliphatic rings. The molecule has 3 heterocycles. The maximum atomic E-state index is 15.3. The van der Waals surface area contributed by atoms with E-state index in [0.717, 1.165) is 12.1 Å². The number of rotatable bonds is 8. The van der Waals surface area contributed by atoms with Crippen LogP contribution in [0.2, 0.25) is 0 Å². The number of nitrogens with zero attached hydrogens (tertiary/aromatic N) is 5. The summed E-state index contributed by atoms with van der Waals surface area (Å²) in [6.45, 7) is 7.24. The van der Waals surface area contributed by atoms with E-state index in [1.165, 1.54) is 31.6 Å². The second-order valence-electron chi connectivity index (χ2n) is 9.99. The second kappa shape index (κ2) is 10.7. The van der Waals surface area contributed by atoms with Gasteiger partial charge in [-0.2, -0.15) is 13.2 Å². The molecule has 0 radical (unpaired) electrons. The Morgan fingerprint density at radius 2 is 1.92 bits per heavy atom. The van der Waals surface area contributed by atoms with Crippen molar-refractivity contribution in [1.29, 1.82) is 0 Å². The lowest BCUT2D eigenvalue weighted by molar-refractivity contribution is -0.137. The predicted molar refractivity (Wildman–Crippen MR) is 131 cm³/mol. The third kappa shape index (κ3) is 6.10. The van der Waals surface area contributed by atoms with Gasteiger partial charge in [-0.25, -0.2) is 14.4 Å². The lowest BCUT2D eigenvalue weighted by atomic mass is 9.93. The van der Waals surface area contributed by atoms with Crippen molar-refractivity contribution in [3.05, 3.63) is 53.7 Å². The van der Waals surface area contributed by atoms with Crippen molar-refractivity contribution >= 4 is 22.6 Å². The molecular formula is C26H31F4N5O2. The van der Waals surface area contributed by atoms with Crippen LogP contribution < -0.4 is 4.90 Å². The minimum Gasteiger partial charge on any atom is -0.391 e. The lowest BCUT2D eigenvalue weighted by Gasteiger charge is -2.35. The first-order valence-corrected chi connectivity index (χ1v) is 12.3. The molecule has 1 saturated heterocycles. The maximum absolute atomic E-state index is 15.3. The summed E-state index contributed by atoms with van der Waals surface area (Å²) in [7, 11) is 0. The van der Waals surface area contributed by atoms with Gasteiger partial charge in [-0.3, -0.25) is 9.69 Å². The Kier molecular flexibility index (Phi) is 7.84. The van der Waals surface area contributed by atoms with Crippen LogP contribution in [0.1, 0.15) is 38.3 Å². The van der Waals surface area contributed by atoms with Crippen molar-refractivity contribution in [2.24, 2.45) is 5.92 Å². The Morgan fingerprint density at radius 1 is 1.22 bits per heavy atom. The molecule has 11 heteroatoms. The molecule has 0 aliphatic carbocycles. The zero-order valence-electron chi connectivity index (χ0n) is 21.0. The molecular weight excluding hydrogens is 490 g/mol. The van der Waals surface area contributed by atoms with Gasteiger partial charge in [0.25, 0.3) is 0 Å². The Hall–Kier alpha value is -3.05. The highest BCUT2D eigenvalue weighted by molar-refractivity contribution is 5.88. The maximum Gasteiger partial charge on any atom is 0.416 e. The van der Waals surface area contributed by atoms with Gasteiger partial charge in [0.1, 0.15) is 23.6 Å². The van der Waals surface area contributed by atoms with Crippen molar-refractivity contribution in [1.82, 2.24) is 19.4 Å². The standard InChI is InChI=1S/C26H31F4N5O2/c1-16(2)35(11-18-4-6-20(7-5-18)26(28,29)30)25-23-21(27)13-34(24(23)31-15-32-25)12-19-8-9-33(10-17(3)36)14-22(19)37/h4-7,13,15-16,19,22,37H,8-12,14H2,1-3H3/t19?,22-/m0/s1. The predicted octanol–water partition coefficient (Wildman–Crippen LogP) is 4.28. The molecule has 37 heavy (non-hydrogen) atoms. The van der Waals surface area contributed by atoms with Crippen molar-refractivity contribution < 1.29 is 27.5 Å². The highest BCUT2D eigenvalue weighted by Crippen LogP contribution is 2.32. The molecule has 7 nitrogen and oxygen atoms in total. The molecule has 3 aromatic rings. The third-order valence-corrected chi connectivity index (χ3v) is 6.80. The molecule has 0 saturated carbocycles. The summed E-state index contributed by atoms with van der Waals surface area (Å²) < 4.78 is 55.9. The van der Waals surface area contributed by atoms with Gasteiger partial charge in [0.05, 0.1) is 23.6 Å². The summed E-state index contributed by atoms with van der Waals surface area (Å²) in [5.74, 6) is -0.246. The van der Waals surface area contributed by atoms with Gasteiger partial charge in [0, 0.05) is 37.8 Å². The van der Waals surface area contributed by atoms with Crippen molar-refractivity contribution in [3.8, 4) is 0 Å². The summed E-state index contributed by atoms with van der Waals surface area (Å²) in [5.41, 5.74) is 0.293. The molecule has 1 aromatic carbocycles. The molecule has 0 spiro atoms. The molecule has 2 atom stereocenters. The van der Waals surface area contributed by atoms with Crippen LogP contribution in [0.5, 0.6) is 0 Å². The summed E-state index contributed by atoms with van der Waals surface area (Å²) >= 11 is 0. The molecule has 1 unspecified atom stereocenters. The molecule has 2 aromatic heterocycles. The molecule has 4 rings (SSSR count). The number of carbonyl (C=O) groups excluding carboxylic acids is 1. The van der Waals surface area contributed by atoms with Crippen LogP contribution in [-0.4, -0.2) is 62.1 Å². The van der Waals surface area contributed by atoms with Crippen LogP contribution in [0, 0.1) is 11.7 Å². The number of aliphatic hydroxyl groups is 1. The number of hydrogen-bond acceptors (Lipinski definition) is 6. The normalized spacial score (nSPS) is 19.1. The van der Waals surface area contributed by atoms with E-state index < -0.39 is 23.7 Å². The Balaban J connectivity index is 1.58. The summed E-state index contributed by atoms with van der Waals surface area (Å²) in [6, 6.07) is 4.77. The number of piperidine rings is 1. The zero-order chi connectivity index (χ0) is 26.9. The fourth-order valence-corrected chi connectivity index (χ4v) is 4.89. The summed E-state index contributed by atoms with van der Waals surface area (Å²) in [6.07, 6.45) is -1.73. The fourth-order valence-electron chi connectivity index (χ4n) is 4.89. The number of halogens is 4. The number of aromatic nitrogens is 3. The number of aliphatic hydroxyl groups excluding tert-OH is 1. The first-order chi connectivity index (χ1) is 17.4. The number of Topliss-reactive ketones (excluding diaryl/α,β-unsaturated/α-hetero) is 1. The monoisotopic (exact) mass is 521 g/mol. The number of carbonyl (C=O) groups is 1. The largest absolute Gasteiger partial charge is 0.416 e. The van der Waals surface area contributed by atoms with Gasteiger partial charge in [0.2, 0.25) is 0 Å². The van der Waals surface area contributed by atoms with Crippen molar-refractivity contribution in [2.75, 3.05) is 24.5 Å². The zero-order valence-corrected chi connectivity index (χ0v) is 21.0. The van der Waals surface area contributed by atoms with Crippen LogP contribution in [0.4, 0.5) is 23.4 Å². The second-order valence-corrected chi connectivity index (χ2v) is 9.99. The van der Waals surface area contributed by atoms with Crippen LogP contribution in [0.3, 0.4) is 0 Å².